The molecule has 1 saturated heterocycles. The average Bonchev–Trinajstić information content (AvgIpc) is 3.44. The molecule has 0 spiro atoms. The Bertz CT molecular complexity index is 1330. The second-order valence-electron chi connectivity index (χ2n) is 9.55. The van der Waals surface area contributed by atoms with Crippen LogP contribution in [0.2, 0.25) is 0 Å². The van der Waals surface area contributed by atoms with Crippen LogP contribution in [-0.2, 0) is 9.53 Å². The van der Waals surface area contributed by atoms with Crippen LogP contribution in [0.1, 0.15) is 19.8 Å². The highest BCUT2D eigenvalue weighted by Crippen LogP contribution is 2.49. The Hall–Kier alpha value is -3.84. The van der Waals surface area contributed by atoms with E-state index in [2.05, 4.69) is 23.8 Å². The lowest BCUT2D eigenvalue weighted by Crippen LogP contribution is -2.48. The van der Waals surface area contributed by atoms with Crippen molar-refractivity contribution in [2.75, 3.05) is 20.3 Å². The first-order chi connectivity index (χ1) is 18.0. The number of rotatable bonds is 10. The van der Waals surface area contributed by atoms with E-state index in [1.807, 2.05) is 67.6 Å². The predicted molar refractivity (Wildman–Crippen MR) is 144 cm³/mol. The molecule has 2 aliphatic rings. The standard InChI is InChI=1S/C30H33N3O4/c1-5-21-17-30(21,19(3)36-6-2)33-29(34)27-15-23(18-31-27)37-28-16-25(20-10-8-7-9-11-20)32-26-14-22(35-4)12-13-24(26)28/h5,7-14,16,21,23,27,31H,1,3,6,15,17-18H2,2,4H3,(H,33,34)/t21-,23+,27-,30-/m0/s1. The molecule has 1 aliphatic heterocycles. The number of fused-ring (bicyclic) bond motifs is 1. The maximum Gasteiger partial charge on any atom is 0.238 e. The molecule has 2 heterocycles. The first-order valence-electron chi connectivity index (χ1n) is 12.7. The number of hydrogen-bond donors (Lipinski definition) is 2. The van der Waals surface area contributed by atoms with Gasteiger partial charge in [-0.05, 0) is 25.5 Å². The monoisotopic (exact) mass is 499 g/mol. The highest BCUT2D eigenvalue weighted by atomic mass is 16.5. The van der Waals surface area contributed by atoms with E-state index < -0.39 is 5.54 Å². The van der Waals surface area contributed by atoms with Gasteiger partial charge in [0.2, 0.25) is 5.91 Å². The molecule has 3 aromatic rings. The van der Waals surface area contributed by atoms with Gasteiger partial charge in [-0.3, -0.25) is 4.79 Å². The van der Waals surface area contributed by atoms with Crippen LogP contribution >= 0.6 is 0 Å². The molecule has 2 aromatic carbocycles. The third kappa shape index (κ3) is 4.91. The van der Waals surface area contributed by atoms with Crippen LogP contribution in [-0.4, -0.2) is 48.8 Å². The van der Waals surface area contributed by atoms with E-state index in [1.54, 1.807) is 7.11 Å². The number of nitrogens with zero attached hydrogens (tertiary/aromatic N) is 1. The quantitative estimate of drug-likeness (QED) is 0.313. The van der Waals surface area contributed by atoms with E-state index >= 15 is 0 Å². The molecule has 37 heavy (non-hydrogen) atoms. The number of hydrogen-bond acceptors (Lipinski definition) is 6. The summed E-state index contributed by atoms with van der Waals surface area (Å²) in [7, 11) is 1.64. The van der Waals surface area contributed by atoms with Crippen molar-refractivity contribution in [1.29, 1.82) is 0 Å². The van der Waals surface area contributed by atoms with Crippen LogP contribution in [0.15, 0.2) is 79.6 Å². The van der Waals surface area contributed by atoms with Crippen molar-refractivity contribution < 1.29 is 19.0 Å². The lowest BCUT2D eigenvalue weighted by molar-refractivity contribution is -0.124. The molecule has 2 N–H and O–H groups in total. The Kier molecular flexibility index (Phi) is 6.89. The molecular formula is C30H33N3O4. The molecular weight excluding hydrogens is 466 g/mol. The Morgan fingerprint density at radius 3 is 2.76 bits per heavy atom. The van der Waals surface area contributed by atoms with Crippen molar-refractivity contribution in [2.45, 2.75) is 37.5 Å². The normalized spacial score (nSPS) is 24.3. The summed E-state index contributed by atoms with van der Waals surface area (Å²) >= 11 is 0. The highest BCUT2D eigenvalue weighted by Gasteiger charge is 2.57. The van der Waals surface area contributed by atoms with Gasteiger partial charge in [-0.25, -0.2) is 4.98 Å². The minimum absolute atomic E-state index is 0.0781. The topological polar surface area (TPSA) is 81.7 Å². The molecule has 1 aromatic heterocycles. The van der Waals surface area contributed by atoms with Gasteiger partial charge < -0.3 is 24.8 Å². The molecule has 2 fully saturated rings. The lowest BCUT2D eigenvalue weighted by Gasteiger charge is -2.23. The Balaban J connectivity index is 1.34. The van der Waals surface area contributed by atoms with Gasteiger partial charge in [-0.2, -0.15) is 0 Å². The smallest absolute Gasteiger partial charge is 0.238 e. The van der Waals surface area contributed by atoms with Crippen LogP contribution in [0.3, 0.4) is 0 Å². The van der Waals surface area contributed by atoms with Crippen LogP contribution in [0.5, 0.6) is 11.5 Å². The number of carbonyl (C=O) groups excluding carboxylic acids is 1. The van der Waals surface area contributed by atoms with Crippen LogP contribution in [0.25, 0.3) is 22.2 Å². The van der Waals surface area contributed by atoms with Crippen molar-refractivity contribution in [1.82, 2.24) is 15.6 Å². The molecule has 1 amide bonds. The highest BCUT2D eigenvalue weighted by molar-refractivity contribution is 5.89. The summed E-state index contributed by atoms with van der Waals surface area (Å²) in [5.41, 5.74) is 2.04. The second kappa shape index (κ2) is 10.3. The number of pyridine rings is 1. The van der Waals surface area contributed by atoms with E-state index in [-0.39, 0.29) is 24.0 Å². The lowest BCUT2D eigenvalue weighted by atomic mass is 10.1. The fourth-order valence-corrected chi connectivity index (χ4v) is 5.05. The summed E-state index contributed by atoms with van der Waals surface area (Å²) in [6.45, 7) is 10.9. The largest absolute Gasteiger partial charge is 0.497 e. The predicted octanol–water partition coefficient (Wildman–Crippen LogP) is 4.63. The van der Waals surface area contributed by atoms with E-state index in [0.29, 0.717) is 25.3 Å². The number of aromatic nitrogens is 1. The minimum Gasteiger partial charge on any atom is -0.497 e. The number of ether oxygens (including phenoxy) is 3. The van der Waals surface area contributed by atoms with Gasteiger partial charge in [0.25, 0.3) is 0 Å². The zero-order chi connectivity index (χ0) is 26.0. The van der Waals surface area contributed by atoms with E-state index in [0.717, 1.165) is 40.1 Å². The molecule has 1 aliphatic carbocycles. The van der Waals surface area contributed by atoms with Crippen molar-refractivity contribution in [3.63, 3.8) is 0 Å². The summed E-state index contributed by atoms with van der Waals surface area (Å²) in [5, 5.41) is 7.40. The van der Waals surface area contributed by atoms with Gasteiger partial charge in [-0.1, -0.05) is 43.0 Å². The maximum atomic E-state index is 13.2. The van der Waals surface area contributed by atoms with Crippen molar-refractivity contribution in [2.24, 2.45) is 5.92 Å². The van der Waals surface area contributed by atoms with Crippen molar-refractivity contribution >= 4 is 16.8 Å². The Morgan fingerprint density at radius 2 is 2.05 bits per heavy atom. The van der Waals surface area contributed by atoms with Crippen molar-refractivity contribution in [3.8, 4) is 22.8 Å². The van der Waals surface area contributed by atoms with Crippen LogP contribution < -0.4 is 20.1 Å². The molecule has 1 saturated carbocycles. The summed E-state index contributed by atoms with van der Waals surface area (Å²) in [6.07, 6.45) is 2.98. The second-order valence-corrected chi connectivity index (χ2v) is 9.55. The van der Waals surface area contributed by atoms with Gasteiger partial charge in [0, 0.05) is 42.0 Å². The number of methoxy groups -OCH3 is 1. The Morgan fingerprint density at radius 1 is 1.24 bits per heavy atom. The third-order valence-corrected chi connectivity index (χ3v) is 7.21. The van der Waals surface area contributed by atoms with Gasteiger partial charge in [0.05, 0.1) is 31.0 Å². The summed E-state index contributed by atoms with van der Waals surface area (Å²) < 4.78 is 17.6. The van der Waals surface area contributed by atoms with Gasteiger partial charge >= 0.3 is 0 Å². The van der Waals surface area contributed by atoms with E-state index in [1.165, 1.54) is 0 Å². The number of carbonyl (C=O) groups is 1. The zero-order valence-corrected chi connectivity index (χ0v) is 21.3. The third-order valence-electron chi connectivity index (χ3n) is 7.21. The molecule has 5 rings (SSSR count). The Labute approximate surface area is 217 Å². The zero-order valence-electron chi connectivity index (χ0n) is 21.3. The fourth-order valence-electron chi connectivity index (χ4n) is 5.05. The van der Waals surface area contributed by atoms with Gasteiger partial charge in [0.1, 0.15) is 28.9 Å². The molecule has 0 unspecified atom stereocenters. The van der Waals surface area contributed by atoms with Crippen molar-refractivity contribution in [3.05, 3.63) is 79.6 Å². The van der Waals surface area contributed by atoms with E-state index in [9.17, 15) is 4.79 Å². The minimum atomic E-state index is -0.569. The van der Waals surface area contributed by atoms with Crippen LogP contribution in [0, 0.1) is 5.92 Å². The number of amides is 1. The fraction of sp³-hybridized carbons (Fsp3) is 0.333. The number of benzene rings is 2. The van der Waals surface area contributed by atoms with Crippen LogP contribution in [0.4, 0.5) is 0 Å². The SMILES string of the molecule is C=C[C@H]1C[C@]1(NC(=O)[C@@H]1C[C@@H](Oc2cc(-c3ccccc3)nc3cc(OC)ccc23)CN1)C(=C)OCC. The molecule has 192 valence electrons. The number of nitrogens with one attached hydrogen (secondary N) is 2. The molecule has 0 radical (unpaired) electrons. The first kappa shape index (κ1) is 24.8. The first-order valence-corrected chi connectivity index (χ1v) is 12.7. The summed E-state index contributed by atoms with van der Waals surface area (Å²) in [5.74, 6) is 2.10. The average molecular weight is 500 g/mol. The molecule has 4 atom stereocenters. The maximum absolute atomic E-state index is 13.2. The van der Waals surface area contributed by atoms with Gasteiger partial charge in [0.15, 0.2) is 0 Å². The molecule has 7 nitrogen and oxygen atoms in total. The van der Waals surface area contributed by atoms with Gasteiger partial charge in [-0.15, -0.1) is 6.58 Å². The summed E-state index contributed by atoms with van der Waals surface area (Å²) in [4.78, 5) is 18.1. The van der Waals surface area contributed by atoms with E-state index in [4.69, 9.17) is 19.2 Å². The molecule has 7 heteroatoms. The molecule has 0 bridgehead atoms. The summed E-state index contributed by atoms with van der Waals surface area (Å²) in [6, 6.07) is 17.4.